The van der Waals surface area contributed by atoms with Gasteiger partial charge in [0, 0.05) is 29.6 Å². The van der Waals surface area contributed by atoms with Crippen LogP contribution in [0.5, 0.6) is 0 Å². The quantitative estimate of drug-likeness (QED) is 0.390. The number of nitrogens with one attached hydrogen (secondary N) is 2. The number of hydrogen-bond acceptors (Lipinski definition) is 2. The summed E-state index contributed by atoms with van der Waals surface area (Å²) < 4.78 is 17.2. The van der Waals surface area contributed by atoms with Crippen LogP contribution in [0.1, 0.15) is 22.6 Å². The molecule has 5 aromatic rings. The molecule has 0 saturated heterocycles. The van der Waals surface area contributed by atoms with Crippen LogP contribution in [0.2, 0.25) is 0 Å². The molecule has 0 saturated carbocycles. The Bertz CT molecular complexity index is 1590. The summed E-state index contributed by atoms with van der Waals surface area (Å²) in [6, 6.07) is 21.5. The van der Waals surface area contributed by atoms with E-state index < -0.39 is 0 Å². The largest absolute Gasteiger partial charge is 0.323 e. The molecule has 156 valence electrons. The van der Waals surface area contributed by atoms with E-state index in [4.69, 9.17) is 0 Å². The number of aromatic nitrogens is 3. The third kappa shape index (κ3) is 2.92. The van der Waals surface area contributed by atoms with Gasteiger partial charge in [-0.3, -0.25) is 4.99 Å². The molecule has 1 atom stereocenters. The predicted octanol–water partition coefficient (Wildman–Crippen LogP) is 5.61. The van der Waals surface area contributed by atoms with Gasteiger partial charge in [-0.25, -0.2) is 9.18 Å². The Morgan fingerprint density at radius 2 is 1.84 bits per heavy atom. The smallest absolute Gasteiger partial charge is 0.317 e. The van der Waals surface area contributed by atoms with Crippen molar-refractivity contribution in [3.8, 4) is 16.9 Å². The number of halogens is 1. The van der Waals surface area contributed by atoms with E-state index in [0.29, 0.717) is 5.69 Å². The molecule has 1 aliphatic rings. The first-order valence-corrected chi connectivity index (χ1v) is 10.4. The number of nitrogens with zero attached hydrogens (tertiary/aromatic N) is 2. The van der Waals surface area contributed by atoms with Crippen LogP contribution in [-0.4, -0.2) is 20.7 Å². The van der Waals surface area contributed by atoms with Gasteiger partial charge in [-0.2, -0.15) is 0 Å². The minimum atomic E-state index is -0.343. The highest BCUT2D eigenvalue weighted by molar-refractivity contribution is 5.88. The first kappa shape index (κ1) is 18.6. The molecule has 0 bridgehead atoms. The van der Waals surface area contributed by atoms with Gasteiger partial charge >= 0.3 is 5.69 Å². The number of aliphatic imine (C=N–C) groups is 1. The van der Waals surface area contributed by atoms with Crippen LogP contribution in [0.3, 0.4) is 0 Å². The number of fused-ring (bicyclic) bond motifs is 2. The molecule has 0 amide bonds. The van der Waals surface area contributed by atoms with E-state index in [-0.39, 0.29) is 17.4 Å². The van der Waals surface area contributed by atoms with Gasteiger partial charge in [-0.1, -0.05) is 18.2 Å². The van der Waals surface area contributed by atoms with Crippen molar-refractivity contribution in [1.82, 2.24) is 14.5 Å². The van der Waals surface area contributed by atoms with Crippen molar-refractivity contribution in [1.29, 1.82) is 0 Å². The van der Waals surface area contributed by atoms with Crippen LogP contribution in [-0.2, 0) is 0 Å². The predicted molar refractivity (Wildman–Crippen MR) is 125 cm³/mol. The molecular weight excluding hydrogens is 403 g/mol. The molecule has 0 radical (unpaired) electrons. The maximum absolute atomic E-state index is 15.1. The molecule has 0 spiro atoms. The lowest BCUT2D eigenvalue weighted by Crippen LogP contribution is -2.01. The zero-order valence-corrected chi connectivity index (χ0v) is 17.3. The highest BCUT2D eigenvalue weighted by Crippen LogP contribution is 2.41. The van der Waals surface area contributed by atoms with Gasteiger partial charge in [0.05, 0.1) is 16.7 Å². The lowest BCUT2D eigenvalue weighted by atomic mass is 9.91. The number of H-pyrrole nitrogens is 2. The number of rotatable bonds is 3. The summed E-state index contributed by atoms with van der Waals surface area (Å²) in [4.78, 5) is 21.5. The number of benzene rings is 3. The highest BCUT2D eigenvalue weighted by Gasteiger charge is 2.25. The molecule has 3 heterocycles. The van der Waals surface area contributed by atoms with Crippen LogP contribution < -0.4 is 5.69 Å². The molecule has 2 aromatic heterocycles. The Kier molecular flexibility index (Phi) is 4.01. The maximum atomic E-state index is 15.1. The van der Waals surface area contributed by atoms with E-state index in [1.54, 1.807) is 12.3 Å². The highest BCUT2D eigenvalue weighted by atomic mass is 19.1. The van der Waals surface area contributed by atoms with Gasteiger partial charge in [-0.05, 0) is 72.1 Å². The third-order valence-corrected chi connectivity index (χ3v) is 6.00. The standard InChI is InChI=1S/C26H19FN4O/c1-15-4-2-5-18(10-15)31-9-3-6-24(31)17-11-19-20(14-28-25(19)21(27)12-17)16-7-8-22-23(13-16)30-26(32)29-22/h2-14,20H,1H3,(H2,29,30,32). The second-order valence-corrected chi connectivity index (χ2v) is 8.14. The van der Waals surface area contributed by atoms with Gasteiger partial charge in [0.2, 0.25) is 0 Å². The van der Waals surface area contributed by atoms with E-state index in [2.05, 4.69) is 38.6 Å². The normalized spacial score (nSPS) is 14.9. The molecule has 0 fully saturated rings. The number of hydrogen-bond donors (Lipinski definition) is 2. The summed E-state index contributed by atoms with van der Waals surface area (Å²) in [6.07, 6.45) is 3.75. The van der Waals surface area contributed by atoms with Crippen LogP contribution in [0.25, 0.3) is 28.0 Å². The first-order valence-electron chi connectivity index (χ1n) is 10.4. The summed E-state index contributed by atoms with van der Waals surface area (Å²) in [5.74, 6) is -0.533. The Balaban J connectivity index is 1.47. The average molecular weight is 422 g/mol. The average Bonchev–Trinajstić information content (AvgIpc) is 3.50. The van der Waals surface area contributed by atoms with Gasteiger partial charge in [0.1, 0.15) is 11.5 Å². The zero-order valence-electron chi connectivity index (χ0n) is 17.3. The lowest BCUT2D eigenvalue weighted by Gasteiger charge is -2.15. The van der Waals surface area contributed by atoms with Gasteiger partial charge in [-0.15, -0.1) is 0 Å². The SMILES string of the molecule is Cc1cccc(-n2cccc2-c2cc(F)c3c(c2)C(c2ccc4[nH]c(=O)[nH]c4c2)C=N3)c1. The van der Waals surface area contributed by atoms with Gasteiger partial charge < -0.3 is 14.5 Å². The fourth-order valence-corrected chi connectivity index (χ4v) is 4.50. The van der Waals surface area contributed by atoms with Crippen molar-refractivity contribution >= 4 is 22.9 Å². The van der Waals surface area contributed by atoms with Crippen molar-refractivity contribution in [3.63, 3.8) is 0 Å². The number of aromatic amines is 2. The van der Waals surface area contributed by atoms with E-state index >= 15 is 4.39 Å². The molecule has 6 heteroatoms. The zero-order chi connectivity index (χ0) is 21.8. The van der Waals surface area contributed by atoms with Crippen molar-refractivity contribution in [3.05, 3.63) is 106 Å². The molecule has 1 unspecified atom stereocenters. The fourth-order valence-electron chi connectivity index (χ4n) is 4.50. The Morgan fingerprint density at radius 1 is 0.969 bits per heavy atom. The number of aryl methyl sites for hydroxylation is 1. The topological polar surface area (TPSA) is 65.9 Å². The molecule has 32 heavy (non-hydrogen) atoms. The molecule has 2 N–H and O–H groups in total. The number of imidazole rings is 1. The van der Waals surface area contributed by atoms with Crippen molar-refractivity contribution in [2.45, 2.75) is 12.8 Å². The maximum Gasteiger partial charge on any atom is 0.323 e. The summed E-state index contributed by atoms with van der Waals surface area (Å²) in [6.45, 7) is 2.05. The van der Waals surface area contributed by atoms with Crippen LogP contribution >= 0.6 is 0 Å². The summed E-state index contributed by atoms with van der Waals surface area (Å²) in [5.41, 5.74) is 7.24. The second-order valence-electron chi connectivity index (χ2n) is 8.14. The van der Waals surface area contributed by atoms with Crippen molar-refractivity contribution in [2.24, 2.45) is 4.99 Å². The summed E-state index contributed by atoms with van der Waals surface area (Å²) >= 11 is 0. The Morgan fingerprint density at radius 3 is 2.72 bits per heavy atom. The Hall–Kier alpha value is -4.19. The van der Waals surface area contributed by atoms with Crippen molar-refractivity contribution < 1.29 is 4.39 Å². The summed E-state index contributed by atoms with van der Waals surface area (Å²) in [7, 11) is 0. The monoisotopic (exact) mass is 422 g/mol. The van der Waals surface area contributed by atoms with Gasteiger partial charge in [0.25, 0.3) is 0 Å². The molecule has 1 aliphatic heterocycles. The lowest BCUT2D eigenvalue weighted by molar-refractivity contribution is 0.629. The molecular formula is C26H19FN4O. The van der Waals surface area contributed by atoms with E-state index in [1.165, 1.54) is 0 Å². The van der Waals surface area contributed by atoms with E-state index in [9.17, 15) is 4.79 Å². The van der Waals surface area contributed by atoms with Crippen LogP contribution in [0, 0.1) is 12.7 Å². The van der Waals surface area contributed by atoms with Crippen LogP contribution in [0.4, 0.5) is 10.1 Å². The minimum Gasteiger partial charge on any atom is -0.317 e. The van der Waals surface area contributed by atoms with Gasteiger partial charge in [0.15, 0.2) is 0 Å². The van der Waals surface area contributed by atoms with E-state index in [1.807, 2.05) is 54.7 Å². The van der Waals surface area contributed by atoms with Crippen molar-refractivity contribution in [2.75, 3.05) is 0 Å². The first-order chi connectivity index (χ1) is 15.6. The Labute approximate surface area is 182 Å². The second kappa shape index (κ2) is 6.92. The minimum absolute atomic E-state index is 0.190. The fraction of sp³-hybridized carbons (Fsp3) is 0.0769. The van der Waals surface area contributed by atoms with Crippen LogP contribution in [0.15, 0.2) is 82.7 Å². The molecule has 0 aliphatic carbocycles. The van der Waals surface area contributed by atoms with E-state index in [0.717, 1.165) is 44.7 Å². The molecule has 5 nitrogen and oxygen atoms in total. The molecule has 3 aromatic carbocycles. The summed E-state index contributed by atoms with van der Waals surface area (Å²) in [5, 5.41) is 0. The molecule has 6 rings (SSSR count). The third-order valence-electron chi connectivity index (χ3n) is 6.00.